The molecule has 0 aliphatic carbocycles. The fourth-order valence-corrected chi connectivity index (χ4v) is 9.62. The molecule has 0 amide bonds. The van der Waals surface area contributed by atoms with Crippen molar-refractivity contribution in [1.29, 1.82) is 5.26 Å². The molecule has 0 aliphatic heterocycles. The first-order valence-corrected chi connectivity index (χ1v) is 34.0. The van der Waals surface area contributed by atoms with Gasteiger partial charge in [-0.25, -0.2) is 13.2 Å². The first kappa shape index (κ1) is 89.4. The third-order valence-electron chi connectivity index (χ3n) is 14.6. The number of nitriles is 1. The van der Waals surface area contributed by atoms with Crippen LogP contribution in [-0.2, 0) is 0 Å². The molecule has 3 aromatic heterocycles. The number of hydrogen-bond donors (Lipinski definition) is 0. The maximum absolute atomic E-state index is 13.2. The van der Waals surface area contributed by atoms with Crippen LogP contribution in [0.3, 0.4) is 0 Å². The van der Waals surface area contributed by atoms with Gasteiger partial charge in [0.05, 0.1) is 35.7 Å². The fraction of sp³-hybridized carbons (Fsp3) is 0.381. The Labute approximate surface area is 597 Å². The Balaban J connectivity index is 0.000000564. The van der Waals surface area contributed by atoms with E-state index in [-0.39, 0.29) is 46.2 Å². The molecule has 0 radical (unpaired) electrons. The summed E-state index contributed by atoms with van der Waals surface area (Å²) in [6.07, 6.45) is 0.219. The number of para-hydroxylation sites is 3. The third kappa shape index (κ3) is 35.9. The summed E-state index contributed by atoms with van der Waals surface area (Å²) in [7, 11) is 1.71. The monoisotopic (exact) mass is 1400 g/mol. The summed E-state index contributed by atoms with van der Waals surface area (Å²) in [5.41, 5.74) is 11.7. The summed E-state index contributed by atoms with van der Waals surface area (Å²) in [5, 5.41) is 9.39. The molecule has 0 N–H and O–H groups in total. The van der Waals surface area contributed by atoms with E-state index in [1.807, 2.05) is 102 Å². The van der Waals surface area contributed by atoms with E-state index < -0.39 is 24.6 Å². The second kappa shape index (κ2) is 47.4. The number of hydrogen-bond acceptors (Lipinski definition) is 7. The number of rotatable bonds is 13. The number of pyridine rings is 3. The quantitative estimate of drug-likeness (QED) is 0.106. The van der Waals surface area contributed by atoms with E-state index in [0.717, 1.165) is 45.6 Å². The van der Waals surface area contributed by atoms with Crippen LogP contribution in [0.5, 0.6) is 17.2 Å². The minimum Gasteiger partial charge on any atom is -0.496 e. The first-order valence-electron chi connectivity index (χ1n) is 33.6. The van der Waals surface area contributed by atoms with Gasteiger partial charge in [-0.05, 0) is 161 Å². The van der Waals surface area contributed by atoms with Gasteiger partial charge in [-0.3, -0.25) is 15.0 Å². The second-order valence-corrected chi connectivity index (χ2v) is 26.3. The van der Waals surface area contributed by atoms with E-state index in [1.54, 1.807) is 69.6 Å². The lowest BCUT2D eigenvalue weighted by Gasteiger charge is -2.14. The summed E-state index contributed by atoms with van der Waals surface area (Å²) in [5.74, 6) is 2.77. The van der Waals surface area contributed by atoms with Gasteiger partial charge in [0.25, 0.3) is 0 Å². The van der Waals surface area contributed by atoms with Gasteiger partial charge in [0.1, 0.15) is 34.7 Å². The summed E-state index contributed by atoms with van der Waals surface area (Å²) in [6, 6.07) is 54.8. The Bertz CT molecular complexity index is 3690. The van der Waals surface area contributed by atoms with Crippen LogP contribution in [0.25, 0.3) is 0 Å². The molecule has 0 saturated carbocycles. The molecule has 7 nitrogen and oxygen atoms in total. The molecule has 9 rings (SSSR count). The average Bonchev–Trinajstić information content (AvgIpc) is 0.840. The number of methoxy groups -OCH3 is 1. The van der Waals surface area contributed by atoms with Crippen molar-refractivity contribution in [1.82, 2.24) is 15.0 Å². The molecule has 6 aromatic carbocycles. The van der Waals surface area contributed by atoms with Gasteiger partial charge >= 0.3 is 13.0 Å². The Hall–Kier alpha value is -8.61. The molecule has 0 bridgehead atoms. The van der Waals surface area contributed by atoms with Crippen molar-refractivity contribution in [2.45, 2.75) is 205 Å². The number of halogens is 9. The average molecular weight is 1410 g/mol. The van der Waals surface area contributed by atoms with Gasteiger partial charge in [0.15, 0.2) is 0 Å². The molecule has 0 aliphatic rings. The van der Waals surface area contributed by atoms with Gasteiger partial charge in [-0.1, -0.05) is 251 Å². The summed E-state index contributed by atoms with van der Waals surface area (Å²) >= 11 is 5.86. The van der Waals surface area contributed by atoms with Gasteiger partial charge in [-0.2, -0.15) is 14.0 Å². The van der Waals surface area contributed by atoms with E-state index >= 15 is 0 Å². The molecule has 16 heteroatoms. The molecule has 3 heterocycles. The van der Waals surface area contributed by atoms with E-state index in [0.29, 0.717) is 41.1 Å². The lowest BCUT2D eigenvalue weighted by Crippen LogP contribution is -2.18. The molecular formula is C84H105ClF8N4O3. The Morgan fingerprint density at radius 2 is 0.920 bits per heavy atom. The molecule has 0 spiro atoms. The standard InChI is InChI=1S/C10H11F3O.C10H9F2N.C10H12F2O.C10H14O.2C10H14.C8H10ClN.C8H10FN.C8H11N/c1-7(2)8-5-3-4-6-9(8)14-10(11,12)13;1-6(2)10-7(5-13)3-8(11)4-9(10)12;1-7(2)8-5-3-4-6-9(8)13-10(11)12;1-8(2)9-6-4-5-7-10(9)11-3;1-8(2)10-6-4-5-9(3)7-10;1-8(2)10-7-5-4-6-9(10)3;1-6(2)8-7(9)4-3-5-10-8;1-6(2)8-4-3-7(9)5-10-8;1-7(2)8-5-3-4-6-9-8/h3-7H,1-2H3;3-4,6H,1-2H3;3-7,10H,1-2H3;4-8H,1-3H3;2*4-8H,1-3H3;2*3-6H,1-2H3;3-7H,1-2H3. The molecular weight excluding hydrogens is 1300 g/mol. The Kier molecular flexibility index (Phi) is 42.4. The molecule has 542 valence electrons. The predicted molar refractivity (Wildman–Crippen MR) is 397 cm³/mol. The number of benzene rings is 6. The third-order valence-corrected chi connectivity index (χ3v) is 14.9. The van der Waals surface area contributed by atoms with Crippen LogP contribution in [0.4, 0.5) is 35.1 Å². The highest BCUT2D eigenvalue weighted by atomic mass is 35.5. The SMILES string of the molecule is CC(C)c1c(F)cc(F)cc1C#N.CC(C)c1ccc(F)cn1.CC(C)c1ccccc1OC(F)(F)F.CC(C)c1ccccc1OC(F)F.CC(C)c1ccccn1.CC(C)c1ncccc1Cl.COc1ccccc1C(C)C.Cc1cccc(C(C)C)c1.Cc1ccccc1C(C)C. The zero-order valence-electron chi connectivity index (χ0n) is 62.2. The normalized spacial score (nSPS) is 10.6. The largest absolute Gasteiger partial charge is 0.573 e. The van der Waals surface area contributed by atoms with Crippen LogP contribution < -0.4 is 14.2 Å². The van der Waals surface area contributed by atoms with Gasteiger partial charge in [0, 0.05) is 35.4 Å². The van der Waals surface area contributed by atoms with E-state index in [2.05, 4.69) is 162 Å². The zero-order valence-corrected chi connectivity index (χ0v) is 62.9. The van der Waals surface area contributed by atoms with Crippen LogP contribution >= 0.6 is 11.6 Å². The van der Waals surface area contributed by atoms with Crippen LogP contribution in [0.15, 0.2) is 195 Å². The molecule has 0 atom stereocenters. The van der Waals surface area contributed by atoms with E-state index in [4.69, 9.17) is 21.6 Å². The fourth-order valence-electron chi connectivity index (χ4n) is 9.28. The maximum Gasteiger partial charge on any atom is 0.573 e. The van der Waals surface area contributed by atoms with Crippen LogP contribution in [0, 0.1) is 42.6 Å². The van der Waals surface area contributed by atoms with E-state index in [9.17, 15) is 35.1 Å². The first-order chi connectivity index (χ1) is 47.0. The van der Waals surface area contributed by atoms with Crippen molar-refractivity contribution in [2.24, 2.45) is 0 Å². The molecule has 0 fully saturated rings. The number of nitrogens with zero attached hydrogens (tertiary/aromatic N) is 4. The van der Waals surface area contributed by atoms with Crippen molar-refractivity contribution in [2.75, 3.05) is 7.11 Å². The van der Waals surface area contributed by atoms with Gasteiger partial charge < -0.3 is 14.2 Å². The molecule has 0 saturated heterocycles. The smallest absolute Gasteiger partial charge is 0.496 e. The van der Waals surface area contributed by atoms with E-state index in [1.165, 1.54) is 52.2 Å². The highest BCUT2D eigenvalue weighted by molar-refractivity contribution is 6.31. The van der Waals surface area contributed by atoms with Gasteiger partial charge in [0.2, 0.25) is 0 Å². The van der Waals surface area contributed by atoms with Crippen LogP contribution in [-0.4, -0.2) is 35.0 Å². The molecule has 0 unspecified atom stereocenters. The van der Waals surface area contributed by atoms with Crippen molar-refractivity contribution in [3.63, 3.8) is 0 Å². The Morgan fingerprint density at radius 1 is 0.440 bits per heavy atom. The number of alkyl halides is 5. The summed E-state index contributed by atoms with van der Waals surface area (Å²) in [4.78, 5) is 12.2. The van der Waals surface area contributed by atoms with Crippen molar-refractivity contribution < 1.29 is 49.3 Å². The number of aryl methyl sites for hydroxylation is 2. The molecule has 100 heavy (non-hydrogen) atoms. The minimum absolute atomic E-state index is 0.00792. The second-order valence-electron chi connectivity index (χ2n) is 25.9. The molecule has 9 aromatic rings. The van der Waals surface area contributed by atoms with Crippen molar-refractivity contribution >= 4 is 11.6 Å². The highest BCUT2D eigenvalue weighted by Crippen LogP contribution is 2.32. The lowest BCUT2D eigenvalue weighted by molar-refractivity contribution is -0.275. The number of aromatic nitrogens is 3. The predicted octanol–water partition coefficient (Wildman–Crippen LogP) is 26.5. The van der Waals surface area contributed by atoms with Crippen LogP contribution in [0.2, 0.25) is 5.02 Å². The highest BCUT2D eigenvalue weighted by Gasteiger charge is 2.32. The minimum atomic E-state index is -4.62. The van der Waals surface area contributed by atoms with Crippen LogP contribution in [0.1, 0.15) is 245 Å². The Morgan fingerprint density at radius 3 is 1.29 bits per heavy atom. The maximum atomic E-state index is 13.2. The number of ether oxygens (including phenoxy) is 3. The van der Waals surface area contributed by atoms with Gasteiger partial charge in [-0.15, -0.1) is 13.2 Å². The van der Waals surface area contributed by atoms with Crippen molar-refractivity contribution in [3.05, 3.63) is 284 Å². The summed E-state index contributed by atoms with van der Waals surface area (Å²) in [6.45, 7) is 38.3. The zero-order chi connectivity index (χ0) is 75.8. The lowest BCUT2D eigenvalue weighted by atomic mass is 9.97. The van der Waals surface area contributed by atoms with Crippen molar-refractivity contribution in [3.8, 4) is 23.3 Å². The topological polar surface area (TPSA) is 90.2 Å². The summed E-state index contributed by atoms with van der Waals surface area (Å²) < 4.78 is 111.